The number of nitrogens with zero attached hydrogens (tertiary/aromatic N) is 3. The highest BCUT2D eigenvalue weighted by Gasteiger charge is 2.14. The summed E-state index contributed by atoms with van der Waals surface area (Å²) >= 11 is 3.49. The second-order valence-corrected chi connectivity index (χ2v) is 9.04. The Balaban J connectivity index is 1.91. The summed E-state index contributed by atoms with van der Waals surface area (Å²) in [5, 5.41) is 6.76. The first kappa shape index (κ1) is 21.2. The van der Waals surface area contributed by atoms with Crippen molar-refractivity contribution >= 4 is 37.5 Å². The van der Waals surface area contributed by atoms with E-state index in [0.29, 0.717) is 12.1 Å². The second kappa shape index (κ2) is 8.89. The summed E-state index contributed by atoms with van der Waals surface area (Å²) in [4.78, 5) is 4.70. The van der Waals surface area contributed by atoms with E-state index < -0.39 is 15.4 Å². The predicted molar refractivity (Wildman–Crippen MR) is 118 cm³/mol. The van der Waals surface area contributed by atoms with Gasteiger partial charge in [-0.1, -0.05) is 48.6 Å². The molecule has 2 aromatic heterocycles. The van der Waals surface area contributed by atoms with Crippen LogP contribution in [0.1, 0.15) is 20.3 Å². The molecule has 29 heavy (non-hydrogen) atoms. The van der Waals surface area contributed by atoms with Gasteiger partial charge in [-0.25, -0.2) is 4.98 Å². The molecule has 0 aliphatic rings. The number of allylic oxidation sites excluding steroid dienone is 2. The zero-order valence-electron chi connectivity index (χ0n) is 15.9. The SMILES string of the molecule is C/C=C(\C/C=C\C(C)S(=O)(=O)O)Nc1cc(-c2ccccc2)nc2c(Br)cnn12. The van der Waals surface area contributed by atoms with Gasteiger partial charge in [0.2, 0.25) is 0 Å². The standard InChI is InChI=1S/C20H21BrN4O3S/c1-3-16(11-7-8-14(2)29(26,27)28)23-19-12-18(15-9-5-4-6-10-15)24-20-17(21)13-22-25(19)20/h3-10,12-14,23H,11H2,1-2H3,(H,26,27,28)/b8-7-,16-3+. The number of benzene rings is 1. The van der Waals surface area contributed by atoms with Gasteiger partial charge in [0, 0.05) is 23.7 Å². The van der Waals surface area contributed by atoms with Crippen molar-refractivity contribution in [1.82, 2.24) is 14.6 Å². The third-order valence-electron chi connectivity index (χ3n) is 4.35. The molecular weight excluding hydrogens is 456 g/mol. The van der Waals surface area contributed by atoms with E-state index in [1.54, 1.807) is 16.8 Å². The fraction of sp³-hybridized carbons (Fsp3) is 0.200. The zero-order chi connectivity index (χ0) is 21.0. The van der Waals surface area contributed by atoms with Crippen LogP contribution in [-0.2, 0) is 10.1 Å². The molecule has 2 heterocycles. The lowest BCUT2D eigenvalue weighted by molar-refractivity contribution is 0.477. The molecule has 0 fully saturated rings. The highest BCUT2D eigenvalue weighted by molar-refractivity contribution is 9.10. The van der Waals surface area contributed by atoms with E-state index in [2.05, 4.69) is 26.3 Å². The molecule has 0 aliphatic heterocycles. The van der Waals surface area contributed by atoms with Crippen molar-refractivity contribution in [3.63, 3.8) is 0 Å². The molecular formula is C20H21BrN4O3S. The summed E-state index contributed by atoms with van der Waals surface area (Å²) in [7, 11) is -4.08. The lowest BCUT2D eigenvalue weighted by Crippen LogP contribution is -2.13. The van der Waals surface area contributed by atoms with Crippen LogP contribution >= 0.6 is 15.9 Å². The van der Waals surface area contributed by atoms with E-state index in [1.807, 2.05) is 49.4 Å². The van der Waals surface area contributed by atoms with Crippen molar-refractivity contribution in [2.24, 2.45) is 0 Å². The summed E-state index contributed by atoms with van der Waals surface area (Å²) in [5.41, 5.74) is 3.31. The van der Waals surface area contributed by atoms with Crippen molar-refractivity contribution in [3.05, 3.63) is 71.0 Å². The fourth-order valence-corrected chi connectivity index (χ4v) is 3.33. The number of halogens is 1. The van der Waals surface area contributed by atoms with Crippen LogP contribution in [0.25, 0.3) is 16.9 Å². The summed E-state index contributed by atoms with van der Waals surface area (Å²) in [6.45, 7) is 3.31. The van der Waals surface area contributed by atoms with Gasteiger partial charge >= 0.3 is 0 Å². The Morgan fingerprint density at radius 1 is 1.34 bits per heavy atom. The topological polar surface area (TPSA) is 96.6 Å². The van der Waals surface area contributed by atoms with E-state index in [4.69, 9.17) is 9.54 Å². The third kappa shape index (κ3) is 5.11. The molecule has 3 aromatic rings. The average molecular weight is 477 g/mol. The first-order valence-corrected chi connectivity index (χ1v) is 11.2. The minimum absolute atomic E-state index is 0.462. The molecule has 0 amide bonds. The Morgan fingerprint density at radius 3 is 2.72 bits per heavy atom. The monoisotopic (exact) mass is 476 g/mol. The lowest BCUT2D eigenvalue weighted by Gasteiger charge is -2.13. The van der Waals surface area contributed by atoms with E-state index in [9.17, 15) is 8.42 Å². The molecule has 0 aliphatic carbocycles. The van der Waals surface area contributed by atoms with Crippen LogP contribution in [0.5, 0.6) is 0 Å². The molecule has 0 radical (unpaired) electrons. The summed E-state index contributed by atoms with van der Waals surface area (Å²) < 4.78 is 33.8. The smallest absolute Gasteiger partial charge is 0.271 e. The van der Waals surface area contributed by atoms with Crippen molar-refractivity contribution in [1.29, 1.82) is 0 Å². The van der Waals surface area contributed by atoms with Gasteiger partial charge in [-0.05, 0) is 29.8 Å². The van der Waals surface area contributed by atoms with Gasteiger partial charge in [0.1, 0.15) is 11.1 Å². The van der Waals surface area contributed by atoms with Crippen molar-refractivity contribution in [3.8, 4) is 11.3 Å². The Morgan fingerprint density at radius 2 is 2.07 bits per heavy atom. The number of anilines is 1. The minimum Gasteiger partial charge on any atom is -0.344 e. The predicted octanol–water partition coefficient (Wildman–Crippen LogP) is 4.70. The lowest BCUT2D eigenvalue weighted by atomic mass is 10.1. The van der Waals surface area contributed by atoms with E-state index >= 15 is 0 Å². The Labute approximate surface area is 178 Å². The summed E-state index contributed by atoms with van der Waals surface area (Å²) in [6.07, 6.45) is 7.21. The largest absolute Gasteiger partial charge is 0.344 e. The first-order chi connectivity index (χ1) is 13.8. The Kier molecular flexibility index (Phi) is 6.51. The quantitative estimate of drug-likeness (QED) is 0.378. The highest BCUT2D eigenvalue weighted by atomic mass is 79.9. The molecule has 0 spiro atoms. The Hall–Kier alpha value is -2.49. The molecule has 152 valence electrons. The number of hydrogen-bond donors (Lipinski definition) is 2. The Bertz CT molecular complexity index is 1170. The van der Waals surface area contributed by atoms with Gasteiger partial charge in [-0.3, -0.25) is 4.55 Å². The van der Waals surface area contributed by atoms with Crippen molar-refractivity contribution < 1.29 is 13.0 Å². The van der Waals surface area contributed by atoms with Crippen LogP contribution in [0.2, 0.25) is 0 Å². The number of fused-ring (bicyclic) bond motifs is 1. The maximum absolute atomic E-state index is 11.1. The maximum atomic E-state index is 11.1. The van der Waals surface area contributed by atoms with Crippen LogP contribution in [0.15, 0.2) is 71.0 Å². The van der Waals surface area contributed by atoms with Crippen LogP contribution in [0.3, 0.4) is 0 Å². The first-order valence-electron chi connectivity index (χ1n) is 8.94. The molecule has 1 atom stereocenters. The molecule has 7 nitrogen and oxygen atoms in total. The van der Waals surface area contributed by atoms with E-state index in [1.165, 1.54) is 13.0 Å². The summed E-state index contributed by atoms with van der Waals surface area (Å²) in [6, 6.07) is 11.8. The fourth-order valence-electron chi connectivity index (χ4n) is 2.67. The minimum atomic E-state index is -4.08. The van der Waals surface area contributed by atoms with Crippen LogP contribution < -0.4 is 5.32 Å². The van der Waals surface area contributed by atoms with Crippen molar-refractivity contribution in [2.45, 2.75) is 25.5 Å². The molecule has 9 heteroatoms. The van der Waals surface area contributed by atoms with E-state index in [0.717, 1.165) is 27.2 Å². The molecule has 2 N–H and O–H groups in total. The maximum Gasteiger partial charge on any atom is 0.271 e. The average Bonchev–Trinajstić information content (AvgIpc) is 3.08. The van der Waals surface area contributed by atoms with Gasteiger partial charge in [-0.15, -0.1) is 0 Å². The van der Waals surface area contributed by atoms with Crippen molar-refractivity contribution in [2.75, 3.05) is 5.32 Å². The van der Waals surface area contributed by atoms with Gasteiger partial charge in [0.15, 0.2) is 5.65 Å². The summed E-state index contributed by atoms with van der Waals surface area (Å²) in [5.74, 6) is 0.726. The van der Waals surface area contributed by atoms with Gasteiger partial charge in [0.05, 0.1) is 16.4 Å². The third-order valence-corrected chi connectivity index (χ3v) is 6.01. The molecule has 1 aromatic carbocycles. The second-order valence-electron chi connectivity index (χ2n) is 6.41. The molecule has 0 bridgehead atoms. The van der Waals surface area contributed by atoms with Gasteiger partial charge < -0.3 is 5.32 Å². The highest BCUT2D eigenvalue weighted by Crippen LogP contribution is 2.26. The number of rotatable bonds is 7. The van der Waals surface area contributed by atoms with E-state index in [-0.39, 0.29) is 0 Å². The number of nitrogens with one attached hydrogen (secondary N) is 1. The molecule has 0 saturated heterocycles. The normalized spacial score (nSPS) is 13.9. The van der Waals surface area contributed by atoms with Crippen LogP contribution in [0.4, 0.5) is 5.82 Å². The van der Waals surface area contributed by atoms with Crippen LogP contribution in [0, 0.1) is 0 Å². The van der Waals surface area contributed by atoms with Gasteiger partial charge in [-0.2, -0.15) is 18.0 Å². The van der Waals surface area contributed by atoms with Crippen LogP contribution in [-0.4, -0.2) is 32.8 Å². The number of aromatic nitrogens is 3. The van der Waals surface area contributed by atoms with Gasteiger partial charge in [0.25, 0.3) is 10.1 Å². The zero-order valence-corrected chi connectivity index (χ0v) is 18.4. The molecule has 1 unspecified atom stereocenters. The number of hydrogen-bond acceptors (Lipinski definition) is 5. The molecule has 3 rings (SSSR count). The molecule has 0 saturated carbocycles.